The van der Waals surface area contributed by atoms with Crippen molar-refractivity contribution >= 4 is 22.8 Å². The van der Waals surface area contributed by atoms with Gasteiger partial charge >= 0.3 is 18.2 Å². The number of benzene rings is 1. The lowest BCUT2D eigenvalue weighted by Gasteiger charge is -2.23. The molecule has 0 unspecified atom stereocenters. The maximum Gasteiger partial charge on any atom is 0.417 e. The molecule has 0 saturated carbocycles. The minimum Gasteiger partial charge on any atom is -0.467 e. The normalized spacial score (nSPS) is 12.8. The SMILES string of the molecule is COC(=O)[C@H](Cc1cccc2c(-c3c(C(F)(F)F)ccn(C)c3=O)nccc12)NC(=O)OC(C)(C)C. The summed E-state index contributed by atoms with van der Waals surface area (Å²) in [5, 5.41) is 3.22. The highest BCUT2D eigenvalue weighted by atomic mass is 19.4. The van der Waals surface area contributed by atoms with E-state index in [9.17, 15) is 27.6 Å². The Morgan fingerprint density at radius 2 is 1.81 bits per heavy atom. The summed E-state index contributed by atoms with van der Waals surface area (Å²) in [4.78, 5) is 41.6. The van der Waals surface area contributed by atoms with Crippen LogP contribution in [0.1, 0.15) is 31.9 Å². The van der Waals surface area contributed by atoms with E-state index in [0.29, 0.717) is 10.9 Å². The number of ether oxygens (including phenoxy) is 2. The summed E-state index contributed by atoms with van der Waals surface area (Å²) in [7, 11) is 2.52. The number of aryl methyl sites for hydroxylation is 1. The minimum atomic E-state index is -4.78. The summed E-state index contributed by atoms with van der Waals surface area (Å²) < 4.78 is 52.4. The number of hydrogen-bond acceptors (Lipinski definition) is 6. The van der Waals surface area contributed by atoms with Crippen molar-refractivity contribution in [3.63, 3.8) is 0 Å². The van der Waals surface area contributed by atoms with Gasteiger partial charge in [0.15, 0.2) is 0 Å². The first-order valence-corrected chi connectivity index (χ1v) is 10.9. The molecule has 0 aliphatic rings. The van der Waals surface area contributed by atoms with Crippen LogP contribution in [-0.4, -0.2) is 40.4 Å². The van der Waals surface area contributed by atoms with Crippen molar-refractivity contribution in [1.29, 1.82) is 0 Å². The van der Waals surface area contributed by atoms with Gasteiger partial charge in [-0.05, 0) is 43.9 Å². The molecule has 3 rings (SSSR count). The molecule has 0 aliphatic heterocycles. The third-order valence-corrected chi connectivity index (χ3v) is 5.31. The number of rotatable bonds is 5. The minimum absolute atomic E-state index is 0.0500. The van der Waals surface area contributed by atoms with E-state index in [2.05, 4.69) is 10.3 Å². The zero-order valence-corrected chi connectivity index (χ0v) is 20.4. The fourth-order valence-electron chi connectivity index (χ4n) is 3.75. The van der Waals surface area contributed by atoms with Crippen molar-refractivity contribution in [2.75, 3.05) is 7.11 Å². The van der Waals surface area contributed by atoms with Crippen LogP contribution in [0.2, 0.25) is 0 Å². The molecule has 0 fully saturated rings. The van der Waals surface area contributed by atoms with Crippen LogP contribution in [0, 0.1) is 0 Å². The van der Waals surface area contributed by atoms with Gasteiger partial charge < -0.3 is 19.4 Å². The van der Waals surface area contributed by atoms with Gasteiger partial charge in [-0.25, -0.2) is 9.59 Å². The number of hydrogen-bond donors (Lipinski definition) is 1. The molecule has 1 N–H and O–H groups in total. The number of esters is 1. The van der Waals surface area contributed by atoms with Crippen LogP contribution < -0.4 is 10.9 Å². The fraction of sp³-hybridized carbons (Fsp3) is 0.360. The standard InChI is InChI=1S/C25H26F3N3O5/c1-24(2,3)36-23(34)30-18(22(33)35-5)13-14-7-6-8-16-15(14)9-11-29-20(16)19-17(25(26,27)28)10-12-31(4)21(19)32/h6-12,18H,13H2,1-5H3,(H,30,34)/t18-/m0/s1. The smallest absolute Gasteiger partial charge is 0.417 e. The topological polar surface area (TPSA) is 99.5 Å². The zero-order valence-electron chi connectivity index (χ0n) is 20.4. The van der Waals surface area contributed by atoms with Gasteiger partial charge in [-0.15, -0.1) is 0 Å². The number of alkyl carbamates (subject to hydrolysis) is 1. The number of amides is 1. The monoisotopic (exact) mass is 505 g/mol. The van der Waals surface area contributed by atoms with Crippen molar-refractivity contribution < 1.29 is 32.2 Å². The average molecular weight is 505 g/mol. The van der Waals surface area contributed by atoms with Gasteiger partial charge in [-0.2, -0.15) is 13.2 Å². The Morgan fingerprint density at radius 3 is 2.42 bits per heavy atom. The molecule has 3 aromatic rings. The molecule has 0 aliphatic carbocycles. The summed E-state index contributed by atoms with van der Waals surface area (Å²) >= 11 is 0. The number of alkyl halides is 3. The molecule has 0 bridgehead atoms. The van der Waals surface area contributed by atoms with Gasteiger partial charge in [0.25, 0.3) is 5.56 Å². The molecule has 0 spiro atoms. The molecular formula is C25H26F3N3O5. The van der Waals surface area contributed by atoms with E-state index in [4.69, 9.17) is 9.47 Å². The maximum absolute atomic E-state index is 13.8. The number of halogens is 3. The lowest BCUT2D eigenvalue weighted by molar-refractivity contribution is -0.143. The van der Waals surface area contributed by atoms with E-state index in [1.807, 2.05) is 0 Å². The summed E-state index contributed by atoms with van der Waals surface area (Å²) in [5.74, 6) is -0.733. The van der Waals surface area contributed by atoms with Crippen LogP contribution in [-0.2, 0) is 33.9 Å². The lowest BCUT2D eigenvalue weighted by atomic mass is 9.95. The predicted octanol–water partition coefficient (Wildman–Crippen LogP) is 4.23. The first kappa shape index (κ1) is 26.7. The second kappa shape index (κ2) is 10.00. The number of fused-ring (bicyclic) bond motifs is 1. The Kier molecular flexibility index (Phi) is 7.42. The molecule has 192 valence electrons. The summed E-state index contributed by atoms with van der Waals surface area (Å²) in [6.07, 6.45) is -3.32. The van der Waals surface area contributed by atoms with Gasteiger partial charge in [0, 0.05) is 31.2 Å². The number of carbonyl (C=O) groups excluding carboxylic acids is 2. The number of nitrogens with zero attached hydrogens (tertiary/aromatic N) is 2. The molecule has 11 heteroatoms. The molecule has 36 heavy (non-hydrogen) atoms. The number of carbonyl (C=O) groups is 2. The first-order chi connectivity index (χ1) is 16.7. The van der Waals surface area contributed by atoms with E-state index in [1.165, 1.54) is 20.4 Å². The average Bonchev–Trinajstić information content (AvgIpc) is 2.77. The Bertz CT molecular complexity index is 1360. The van der Waals surface area contributed by atoms with E-state index in [1.54, 1.807) is 45.0 Å². The molecule has 1 aromatic carbocycles. The van der Waals surface area contributed by atoms with Crippen LogP contribution >= 0.6 is 0 Å². The molecular weight excluding hydrogens is 479 g/mol. The molecule has 1 amide bonds. The van der Waals surface area contributed by atoms with E-state index in [0.717, 1.165) is 16.8 Å². The zero-order chi connectivity index (χ0) is 26.8. The van der Waals surface area contributed by atoms with Crippen molar-refractivity contribution in [2.45, 2.75) is 45.0 Å². The van der Waals surface area contributed by atoms with Gasteiger partial charge in [-0.3, -0.25) is 9.78 Å². The van der Waals surface area contributed by atoms with Crippen molar-refractivity contribution in [3.05, 3.63) is 64.2 Å². The third kappa shape index (κ3) is 5.84. The predicted molar refractivity (Wildman–Crippen MR) is 126 cm³/mol. The second-order valence-electron chi connectivity index (χ2n) is 9.12. The van der Waals surface area contributed by atoms with Crippen molar-refractivity contribution in [3.8, 4) is 11.3 Å². The summed E-state index contributed by atoms with van der Waals surface area (Å²) in [5.41, 5.74) is -2.96. The van der Waals surface area contributed by atoms with Crippen molar-refractivity contribution in [2.24, 2.45) is 7.05 Å². The third-order valence-electron chi connectivity index (χ3n) is 5.31. The molecule has 0 radical (unpaired) electrons. The Balaban J connectivity index is 2.12. The molecule has 2 aromatic heterocycles. The summed E-state index contributed by atoms with van der Waals surface area (Å²) in [6.45, 7) is 5.01. The van der Waals surface area contributed by atoms with Gasteiger partial charge in [0.2, 0.25) is 0 Å². The van der Waals surface area contributed by atoms with E-state index >= 15 is 0 Å². The second-order valence-corrected chi connectivity index (χ2v) is 9.12. The maximum atomic E-state index is 13.8. The van der Waals surface area contributed by atoms with Gasteiger partial charge in [0.05, 0.1) is 23.9 Å². The highest BCUT2D eigenvalue weighted by Crippen LogP contribution is 2.37. The number of aromatic nitrogens is 2. The van der Waals surface area contributed by atoms with Crippen LogP contribution in [0.4, 0.5) is 18.0 Å². The number of pyridine rings is 2. The largest absolute Gasteiger partial charge is 0.467 e. The molecule has 2 heterocycles. The first-order valence-electron chi connectivity index (χ1n) is 10.9. The highest BCUT2D eigenvalue weighted by Gasteiger charge is 2.36. The Labute approximate surface area is 205 Å². The fourth-order valence-corrected chi connectivity index (χ4v) is 3.75. The van der Waals surface area contributed by atoms with E-state index in [-0.39, 0.29) is 17.5 Å². The Morgan fingerprint density at radius 1 is 1.11 bits per heavy atom. The van der Waals surface area contributed by atoms with Crippen LogP contribution in [0.25, 0.3) is 22.0 Å². The summed E-state index contributed by atoms with van der Waals surface area (Å²) in [6, 6.07) is 6.04. The quantitative estimate of drug-likeness (QED) is 0.521. The van der Waals surface area contributed by atoms with Crippen molar-refractivity contribution in [1.82, 2.24) is 14.9 Å². The number of methoxy groups -OCH3 is 1. The van der Waals surface area contributed by atoms with Gasteiger partial charge in [-0.1, -0.05) is 18.2 Å². The van der Waals surface area contributed by atoms with E-state index < -0.39 is 46.6 Å². The van der Waals surface area contributed by atoms with Gasteiger partial charge in [0.1, 0.15) is 11.6 Å². The van der Waals surface area contributed by atoms with Crippen LogP contribution in [0.3, 0.4) is 0 Å². The number of nitrogens with one attached hydrogen (secondary N) is 1. The van der Waals surface area contributed by atoms with Crippen LogP contribution in [0.15, 0.2) is 47.5 Å². The highest BCUT2D eigenvalue weighted by molar-refractivity contribution is 5.97. The Hall–Kier alpha value is -3.89. The molecule has 8 nitrogen and oxygen atoms in total. The lowest BCUT2D eigenvalue weighted by Crippen LogP contribution is -2.45. The molecule has 1 atom stereocenters. The van der Waals surface area contributed by atoms with Crippen LogP contribution in [0.5, 0.6) is 0 Å². The molecule has 0 saturated heterocycles.